The van der Waals surface area contributed by atoms with E-state index in [2.05, 4.69) is 0 Å². The van der Waals surface area contributed by atoms with Gasteiger partial charge in [-0.2, -0.15) is 0 Å². The van der Waals surface area contributed by atoms with Crippen LogP contribution in [0.25, 0.3) is 0 Å². The van der Waals surface area contributed by atoms with Gasteiger partial charge in [0.1, 0.15) is 0 Å². The first-order valence-electron chi connectivity index (χ1n) is 3.73. The Morgan fingerprint density at radius 2 is 1.77 bits per heavy atom. The molecule has 0 spiro atoms. The van der Waals surface area contributed by atoms with E-state index in [1.165, 1.54) is 0 Å². The second-order valence-corrected chi connectivity index (χ2v) is 2.90. The van der Waals surface area contributed by atoms with Gasteiger partial charge in [0.2, 0.25) is 0 Å². The highest BCUT2D eigenvalue weighted by molar-refractivity contribution is 5.85. The van der Waals surface area contributed by atoms with Crippen LogP contribution in [0.15, 0.2) is 18.2 Å². The second kappa shape index (κ2) is 6.08. The van der Waals surface area contributed by atoms with Gasteiger partial charge in [-0.1, -0.05) is 12.1 Å². The van der Waals surface area contributed by atoms with Gasteiger partial charge >= 0.3 is 0 Å². The zero-order chi connectivity index (χ0) is 8.43. The Kier molecular flexibility index (Phi) is 7.04. The number of rotatable bonds is 1. The van der Waals surface area contributed by atoms with Crippen LogP contribution in [-0.4, -0.2) is 0 Å². The maximum absolute atomic E-state index is 5.70. The normalized spacial score (nSPS) is 11.0. The van der Waals surface area contributed by atoms with Gasteiger partial charge in [-0.25, -0.2) is 0 Å². The second-order valence-electron chi connectivity index (χ2n) is 2.90. The van der Waals surface area contributed by atoms with E-state index in [1.807, 2.05) is 32.0 Å². The Morgan fingerprint density at radius 1 is 1.23 bits per heavy atom. The average molecular weight is 223 g/mol. The Labute approximate surface area is 91.5 Å². The summed E-state index contributed by atoms with van der Waals surface area (Å²) in [6, 6.07) is 6.00. The van der Waals surface area contributed by atoms with Crippen LogP contribution in [0.1, 0.15) is 24.1 Å². The van der Waals surface area contributed by atoms with Crippen molar-refractivity contribution >= 4 is 30.5 Å². The van der Waals surface area contributed by atoms with Gasteiger partial charge < -0.3 is 11.5 Å². The van der Waals surface area contributed by atoms with Crippen LogP contribution in [0, 0.1) is 6.92 Å². The number of nitrogen functional groups attached to an aromatic ring is 1. The van der Waals surface area contributed by atoms with E-state index in [1.54, 1.807) is 0 Å². The Bertz CT molecular complexity index is 262. The number of hydrogen-bond donors (Lipinski definition) is 2. The molecule has 13 heavy (non-hydrogen) atoms. The van der Waals surface area contributed by atoms with Gasteiger partial charge in [0.05, 0.1) is 0 Å². The van der Waals surface area contributed by atoms with Crippen LogP contribution in [0.3, 0.4) is 0 Å². The van der Waals surface area contributed by atoms with Crippen LogP contribution >= 0.6 is 24.8 Å². The molecule has 2 nitrogen and oxygen atoms in total. The minimum atomic E-state index is 0. The first-order chi connectivity index (χ1) is 5.11. The molecular weight excluding hydrogens is 207 g/mol. The number of hydrogen-bond acceptors (Lipinski definition) is 2. The van der Waals surface area contributed by atoms with Gasteiger partial charge in [-0.3, -0.25) is 0 Å². The molecule has 4 N–H and O–H groups in total. The summed E-state index contributed by atoms with van der Waals surface area (Å²) in [5.74, 6) is 0. The monoisotopic (exact) mass is 222 g/mol. The zero-order valence-electron chi connectivity index (χ0n) is 7.78. The molecule has 0 aliphatic carbocycles. The van der Waals surface area contributed by atoms with Crippen LogP contribution in [0.2, 0.25) is 0 Å². The number of halogens is 2. The summed E-state index contributed by atoms with van der Waals surface area (Å²) in [7, 11) is 0. The smallest absolute Gasteiger partial charge is 0.0347 e. The van der Waals surface area contributed by atoms with E-state index in [0.29, 0.717) is 0 Å². The first kappa shape index (κ1) is 15.1. The number of nitrogens with two attached hydrogens (primary N) is 2. The SMILES string of the molecule is Cc1ccc([C@H](C)N)cc1N.Cl.Cl. The molecule has 4 heteroatoms. The molecule has 0 aliphatic rings. The lowest BCUT2D eigenvalue weighted by Crippen LogP contribution is -2.05. The molecule has 0 aliphatic heterocycles. The van der Waals surface area contributed by atoms with Crippen molar-refractivity contribution in [3.63, 3.8) is 0 Å². The Hall–Kier alpha value is -0.440. The fourth-order valence-corrected chi connectivity index (χ4v) is 0.942. The van der Waals surface area contributed by atoms with Gasteiger partial charge in [-0.05, 0) is 31.0 Å². The average Bonchev–Trinajstić information content (AvgIpc) is 1.94. The molecule has 1 aromatic carbocycles. The van der Waals surface area contributed by atoms with E-state index >= 15 is 0 Å². The van der Waals surface area contributed by atoms with E-state index < -0.39 is 0 Å². The van der Waals surface area contributed by atoms with Gasteiger partial charge in [0, 0.05) is 11.7 Å². The number of anilines is 1. The molecule has 0 saturated heterocycles. The predicted octanol–water partition coefficient (Wildman–Crippen LogP) is 2.44. The van der Waals surface area contributed by atoms with E-state index in [0.717, 1.165) is 16.8 Å². The fraction of sp³-hybridized carbons (Fsp3) is 0.333. The molecule has 0 fully saturated rings. The molecular formula is C9H16Cl2N2. The van der Waals surface area contributed by atoms with Crippen LogP contribution in [0.5, 0.6) is 0 Å². The van der Waals surface area contributed by atoms with Crippen molar-refractivity contribution in [3.8, 4) is 0 Å². The van der Waals surface area contributed by atoms with Gasteiger partial charge in [-0.15, -0.1) is 24.8 Å². The third-order valence-corrected chi connectivity index (χ3v) is 1.83. The summed E-state index contributed by atoms with van der Waals surface area (Å²) in [5.41, 5.74) is 14.4. The van der Waals surface area contributed by atoms with Crippen molar-refractivity contribution in [2.45, 2.75) is 19.9 Å². The minimum Gasteiger partial charge on any atom is -0.399 e. The molecule has 1 rings (SSSR count). The highest BCUT2D eigenvalue weighted by Crippen LogP contribution is 2.16. The molecule has 0 unspecified atom stereocenters. The van der Waals surface area contributed by atoms with E-state index in [9.17, 15) is 0 Å². The summed E-state index contributed by atoms with van der Waals surface area (Å²) in [5, 5.41) is 0. The highest BCUT2D eigenvalue weighted by Gasteiger charge is 1.99. The van der Waals surface area contributed by atoms with Crippen molar-refractivity contribution in [2.75, 3.05) is 5.73 Å². The Balaban J connectivity index is 0. The lowest BCUT2D eigenvalue weighted by molar-refractivity contribution is 0.818. The molecule has 76 valence electrons. The zero-order valence-corrected chi connectivity index (χ0v) is 9.41. The molecule has 0 heterocycles. The van der Waals surface area contributed by atoms with Crippen molar-refractivity contribution < 1.29 is 0 Å². The maximum atomic E-state index is 5.70. The lowest BCUT2D eigenvalue weighted by atomic mass is 10.1. The predicted molar refractivity (Wildman–Crippen MR) is 62.7 cm³/mol. The van der Waals surface area contributed by atoms with Crippen LogP contribution < -0.4 is 11.5 Å². The van der Waals surface area contributed by atoms with Crippen molar-refractivity contribution in [3.05, 3.63) is 29.3 Å². The molecule has 0 amide bonds. The summed E-state index contributed by atoms with van der Waals surface area (Å²) in [6.07, 6.45) is 0. The van der Waals surface area contributed by atoms with Gasteiger partial charge in [0.15, 0.2) is 0 Å². The maximum Gasteiger partial charge on any atom is 0.0347 e. The van der Waals surface area contributed by atoms with Crippen molar-refractivity contribution in [1.29, 1.82) is 0 Å². The first-order valence-corrected chi connectivity index (χ1v) is 3.73. The molecule has 0 radical (unpaired) electrons. The Morgan fingerprint density at radius 3 is 2.15 bits per heavy atom. The van der Waals surface area contributed by atoms with E-state index in [4.69, 9.17) is 11.5 Å². The summed E-state index contributed by atoms with van der Waals surface area (Å²) < 4.78 is 0. The van der Waals surface area contributed by atoms with Crippen LogP contribution in [-0.2, 0) is 0 Å². The largest absolute Gasteiger partial charge is 0.399 e. The fourth-order valence-electron chi connectivity index (χ4n) is 0.942. The molecule has 1 aromatic rings. The summed E-state index contributed by atoms with van der Waals surface area (Å²) in [4.78, 5) is 0. The number of aryl methyl sites for hydroxylation is 1. The molecule has 0 bridgehead atoms. The third-order valence-electron chi connectivity index (χ3n) is 1.83. The quantitative estimate of drug-likeness (QED) is 0.718. The topological polar surface area (TPSA) is 52.0 Å². The van der Waals surface area contributed by atoms with Crippen molar-refractivity contribution in [2.24, 2.45) is 5.73 Å². The number of benzene rings is 1. The standard InChI is InChI=1S/C9H14N2.2ClH/c1-6-3-4-8(7(2)10)5-9(6)11;;/h3-5,7H,10-11H2,1-2H3;2*1H/t7-;;/m0../s1. The third kappa shape index (κ3) is 3.85. The molecule has 0 aromatic heterocycles. The molecule has 0 saturated carbocycles. The molecule has 1 atom stereocenters. The van der Waals surface area contributed by atoms with Gasteiger partial charge in [0.25, 0.3) is 0 Å². The van der Waals surface area contributed by atoms with Crippen molar-refractivity contribution in [1.82, 2.24) is 0 Å². The summed E-state index contributed by atoms with van der Waals surface area (Å²) in [6.45, 7) is 3.93. The minimum absolute atomic E-state index is 0. The highest BCUT2D eigenvalue weighted by atomic mass is 35.5. The summed E-state index contributed by atoms with van der Waals surface area (Å²) >= 11 is 0. The lowest BCUT2D eigenvalue weighted by Gasteiger charge is -2.07. The van der Waals surface area contributed by atoms with E-state index in [-0.39, 0.29) is 30.9 Å². The van der Waals surface area contributed by atoms with Crippen LogP contribution in [0.4, 0.5) is 5.69 Å².